The molecule has 4 heteroatoms. The number of thiophene rings is 1. The number of hydrogen-bond acceptors (Lipinski definition) is 3. The molecule has 1 fully saturated rings. The summed E-state index contributed by atoms with van der Waals surface area (Å²) >= 11 is 1.77. The van der Waals surface area contributed by atoms with Crippen molar-refractivity contribution in [1.29, 1.82) is 0 Å². The van der Waals surface area contributed by atoms with Gasteiger partial charge in [-0.05, 0) is 23.4 Å². The fraction of sp³-hybridized carbons (Fsp3) is 0.545. The van der Waals surface area contributed by atoms with E-state index >= 15 is 0 Å². The maximum atomic E-state index is 12.0. The molecule has 1 aromatic rings. The van der Waals surface area contributed by atoms with E-state index in [1.165, 1.54) is 10.4 Å². The number of nitrogens with zero attached hydrogens (tertiary/aromatic N) is 1. The van der Waals surface area contributed by atoms with E-state index in [1.54, 1.807) is 11.3 Å². The van der Waals surface area contributed by atoms with Crippen LogP contribution in [0.25, 0.3) is 0 Å². The Hall–Kier alpha value is -0.870. The Morgan fingerprint density at radius 2 is 2.40 bits per heavy atom. The molecular weight excluding hydrogens is 208 g/mol. The highest BCUT2D eigenvalue weighted by Gasteiger charge is 2.31. The van der Waals surface area contributed by atoms with E-state index in [1.807, 2.05) is 4.90 Å². The molecule has 15 heavy (non-hydrogen) atoms. The van der Waals surface area contributed by atoms with Gasteiger partial charge in [0.05, 0.1) is 12.5 Å². The third kappa shape index (κ3) is 1.58. The van der Waals surface area contributed by atoms with E-state index in [0.717, 1.165) is 32.6 Å². The fourth-order valence-electron chi connectivity index (χ4n) is 2.15. The minimum Gasteiger partial charge on any atom is -0.337 e. The molecule has 2 aliphatic heterocycles. The van der Waals surface area contributed by atoms with Crippen LogP contribution in [-0.4, -0.2) is 30.4 Å². The van der Waals surface area contributed by atoms with Gasteiger partial charge in [-0.2, -0.15) is 0 Å². The van der Waals surface area contributed by atoms with Crippen molar-refractivity contribution in [2.75, 3.05) is 19.6 Å². The van der Waals surface area contributed by atoms with Crippen LogP contribution >= 0.6 is 11.3 Å². The van der Waals surface area contributed by atoms with Crippen LogP contribution in [-0.2, 0) is 17.8 Å². The Labute approximate surface area is 93.1 Å². The molecule has 0 aromatic carbocycles. The van der Waals surface area contributed by atoms with Crippen molar-refractivity contribution in [2.24, 2.45) is 5.92 Å². The minimum absolute atomic E-state index is 0.242. The Morgan fingerprint density at radius 3 is 3.13 bits per heavy atom. The molecule has 80 valence electrons. The summed E-state index contributed by atoms with van der Waals surface area (Å²) in [7, 11) is 0. The molecule has 0 saturated carbocycles. The van der Waals surface area contributed by atoms with Crippen LogP contribution < -0.4 is 5.32 Å². The zero-order chi connectivity index (χ0) is 10.3. The maximum Gasteiger partial charge on any atom is 0.228 e. The molecular formula is C11H14N2OS. The third-order valence-electron chi connectivity index (χ3n) is 3.27. The zero-order valence-corrected chi connectivity index (χ0v) is 9.35. The first-order chi connectivity index (χ1) is 7.34. The maximum absolute atomic E-state index is 12.0. The molecule has 0 spiro atoms. The summed E-state index contributed by atoms with van der Waals surface area (Å²) in [5, 5.41) is 5.28. The topological polar surface area (TPSA) is 32.3 Å². The normalized spacial score (nSPS) is 20.9. The molecule has 0 radical (unpaired) electrons. The second-order valence-corrected chi connectivity index (χ2v) is 5.23. The lowest BCUT2D eigenvalue weighted by Crippen LogP contribution is -2.52. The van der Waals surface area contributed by atoms with Crippen LogP contribution in [0.15, 0.2) is 11.4 Å². The van der Waals surface area contributed by atoms with Crippen LogP contribution in [0.4, 0.5) is 0 Å². The Bertz CT molecular complexity index is 384. The standard InChI is InChI=1S/C11H14N2OS/c14-11(9-5-12-6-9)13-3-1-8-2-4-15-10(8)7-13/h2,4,9,12H,1,3,5-7H2. The molecule has 1 N–H and O–H groups in total. The second kappa shape index (κ2) is 3.61. The van der Waals surface area contributed by atoms with Crippen LogP contribution in [0.5, 0.6) is 0 Å². The molecule has 3 nitrogen and oxygen atoms in total. The van der Waals surface area contributed by atoms with Gasteiger partial charge in [0.15, 0.2) is 0 Å². The third-order valence-corrected chi connectivity index (χ3v) is 4.21. The van der Waals surface area contributed by atoms with E-state index in [9.17, 15) is 4.79 Å². The van der Waals surface area contributed by atoms with Gasteiger partial charge in [-0.1, -0.05) is 0 Å². The predicted octanol–water partition coefficient (Wildman–Crippen LogP) is 0.852. The van der Waals surface area contributed by atoms with Crippen molar-refractivity contribution in [2.45, 2.75) is 13.0 Å². The molecule has 1 amide bonds. The predicted molar refractivity (Wildman–Crippen MR) is 59.8 cm³/mol. The highest BCUT2D eigenvalue weighted by molar-refractivity contribution is 7.10. The summed E-state index contributed by atoms with van der Waals surface area (Å²) < 4.78 is 0. The lowest BCUT2D eigenvalue weighted by Gasteiger charge is -2.34. The largest absolute Gasteiger partial charge is 0.337 e. The van der Waals surface area contributed by atoms with Gasteiger partial charge < -0.3 is 10.2 Å². The minimum atomic E-state index is 0.242. The SMILES string of the molecule is O=C(C1CNC1)N1CCc2ccsc2C1. The second-order valence-electron chi connectivity index (χ2n) is 4.23. The molecule has 3 heterocycles. The highest BCUT2D eigenvalue weighted by atomic mass is 32.1. The van der Waals surface area contributed by atoms with Gasteiger partial charge in [0.2, 0.25) is 5.91 Å². The number of carbonyl (C=O) groups excluding carboxylic acids is 1. The summed E-state index contributed by atoms with van der Waals surface area (Å²) in [5.74, 6) is 0.583. The van der Waals surface area contributed by atoms with Gasteiger partial charge in [0, 0.05) is 24.5 Å². The van der Waals surface area contributed by atoms with E-state index in [-0.39, 0.29) is 5.92 Å². The summed E-state index contributed by atoms with van der Waals surface area (Å²) in [6.45, 7) is 3.47. The van der Waals surface area contributed by atoms with Crippen molar-refractivity contribution >= 4 is 17.2 Å². The van der Waals surface area contributed by atoms with E-state index in [0.29, 0.717) is 5.91 Å². The summed E-state index contributed by atoms with van der Waals surface area (Å²) in [4.78, 5) is 15.4. The van der Waals surface area contributed by atoms with E-state index in [2.05, 4.69) is 16.8 Å². The van der Waals surface area contributed by atoms with Crippen LogP contribution in [0, 0.1) is 5.92 Å². The molecule has 0 atom stereocenters. The molecule has 0 bridgehead atoms. The van der Waals surface area contributed by atoms with Gasteiger partial charge in [-0.3, -0.25) is 4.79 Å². The Kier molecular flexibility index (Phi) is 2.25. The van der Waals surface area contributed by atoms with Crippen LogP contribution in [0.2, 0.25) is 0 Å². The molecule has 3 rings (SSSR count). The first-order valence-corrected chi connectivity index (χ1v) is 6.27. The number of rotatable bonds is 1. The monoisotopic (exact) mass is 222 g/mol. The van der Waals surface area contributed by atoms with Gasteiger partial charge in [0.1, 0.15) is 0 Å². The Balaban J connectivity index is 1.72. The van der Waals surface area contributed by atoms with Crippen molar-refractivity contribution in [3.05, 3.63) is 21.9 Å². The van der Waals surface area contributed by atoms with E-state index < -0.39 is 0 Å². The number of amides is 1. The number of carbonyl (C=O) groups is 1. The summed E-state index contributed by atoms with van der Waals surface area (Å²) in [5.41, 5.74) is 1.44. The fourth-order valence-corrected chi connectivity index (χ4v) is 3.09. The quantitative estimate of drug-likeness (QED) is 0.764. The molecule has 1 aromatic heterocycles. The Morgan fingerprint density at radius 1 is 1.53 bits per heavy atom. The van der Waals surface area contributed by atoms with Crippen molar-refractivity contribution < 1.29 is 4.79 Å². The lowest BCUT2D eigenvalue weighted by atomic mass is 10.00. The summed E-state index contributed by atoms with van der Waals surface area (Å²) in [6, 6.07) is 2.19. The van der Waals surface area contributed by atoms with Crippen molar-refractivity contribution in [3.8, 4) is 0 Å². The van der Waals surface area contributed by atoms with E-state index in [4.69, 9.17) is 0 Å². The molecule has 1 saturated heterocycles. The molecule has 0 unspecified atom stereocenters. The lowest BCUT2D eigenvalue weighted by molar-refractivity contribution is -0.137. The highest BCUT2D eigenvalue weighted by Crippen LogP contribution is 2.25. The number of hydrogen-bond donors (Lipinski definition) is 1. The van der Waals surface area contributed by atoms with Gasteiger partial charge >= 0.3 is 0 Å². The summed E-state index contributed by atoms with van der Waals surface area (Å²) in [6.07, 6.45) is 1.03. The van der Waals surface area contributed by atoms with Gasteiger partial charge in [-0.15, -0.1) is 11.3 Å². The smallest absolute Gasteiger partial charge is 0.228 e. The van der Waals surface area contributed by atoms with Gasteiger partial charge in [0.25, 0.3) is 0 Å². The zero-order valence-electron chi connectivity index (χ0n) is 8.53. The average molecular weight is 222 g/mol. The molecule has 2 aliphatic rings. The van der Waals surface area contributed by atoms with Crippen molar-refractivity contribution in [3.63, 3.8) is 0 Å². The van der Waals surface area contributed by atoms with Crippen LogP contribution in [0.1, 0.15) is 10.4 Å². The molecule has 0 aliphatic carbocycles. The van der Waals surface area contributed by atoms with Crippen LogP contribution in [0.3, 0.4) is 0 Å². The van der Waals surface area contributed by atoms with Crippen molar-refractivity contribution in [1.82, 2.24) is 10.2 Å². The first kappa shape index (κ1) is 9.36. The number of nitrogens with one attached hydrogen (secondary N) is 1. The number of fused-ring (bicyclic) bond motifs is 1. The first-order valence-electron chi connectivity index (χ1n) is 5.39. The van der Waals surface area contributed by atoms with Gasteiger partial charge in [-0.25, -0.2) is 0 Å². The average Bonchev–Trinajstić information content (AvgIpc) is 2.61.